The number of pyridine rings is 1. The first-order chi connectivity index (χ1) is 6.84. The van der Waals surface area contributed by atoms with Gasteiger partial charge in [0.25, 0.3) is 0 Å². The third-order valence-corrected chi connectivity index (χ3v) is 2.09. The van der Waals surface area contributed by atoms with E-state index in [1.165, 1.54) is 11.1 Å². The maximum atomic E-state index is 5.22. The average Bonchev–Trinajstić information content (AvgIpc) is 2.20. The molecule has 1 N–H and O–H groups in total. The average molecular weight is 194 g/mol. The zero-order valence-electron chi connectivity index (χ0n) is 8.92. The fraction of sp³-hybridized carbons (Fsp3) is 0.545. The van der Waals surface area contributed by atoms with Crippen LogP contribution in [0.5, 0.6) is 0 Å². The molecule has 1 aromatic rings. The van der Waals surface area contributed by atoms with E-state index in [4.69, 9.17) is 4.74 Å². The predicted octanol–water partition coefficient (Wildman–Crippen LogP) is 1.52. The molecule has 0 aliphatic carbocycles. The van der Waals surface area contributed by atoms with E-state index < -0.39 is 0 Å². The number of hydrogen-bond donors (Lipinski definition) is 1. The Kier molecular flexibility index (Phi) is 5.19. The van der Waals surface area contributed by atoms with Crippen molar-refractivity contribution in [2.45, 2.75) is 20.4 Å². The minimum Gasteiger partial charge on any atom is -0.380 e. The molecule has 0 spiro atoms. The molecular formula is C11H18N2O. The van der Waals surface area contributed by atoms with E-state index in [-0.39, 0.29) is 0 Å². The molecule has 1 rings (SSSR count). The molecule has 78 valence electrons. The molecule has 3 nitrogen and oxygen atoms in total. The Hall–Kier alpha value is -0.930. The summed E-state index contributed by atoms with van der Waals surface area (Å²) >= 11 is 0. The third kappa shape index (κ3) is 3.85. The summed E-state index contributed by atoms with van der Waals surface area (Å²) in [5.41, 5.74) is 2.54. The molecule has 1 aromatic heterocycles. The van der Waals surface area contributed by atoms with Crippen molar-refractivity contribution >= 4 is 0 Å². The highest BCUT2D eigenvalue weighted by Crippen LogP contribution is 2.03. The predicted molar refractivity (Wildman–Crippen MR) is 57.2 cm³/mol. The van der Waals surface area contributed by atoms with Gasteiger partial charge in [-0.3, -0.25) is 4.98 Å². The standard InChI is InChI=1S/C11H18N2O/c1-3-14-7-6-13-9-11-8-12-5-4-10(11)2/h4-5,8,13H,3,6-7,9H2,1-2H3. The van der Waals surface area contributed by atoms with Gasteiger partial charge in [0.1, 0.15) is 0 Å². The van der Waals surface area contributed by atoms with Crippen LogP contribution in [-0.4, -0.2) is 24.7 Å². The lowest BCUT2D eigenvalue weighted by Crippen LogP contribution is -2.19. The van der Waals surface area contributed by atoms with Gasteiger partial charge in [0.15, 0.2) is 0 Å². The van der Waals surface area contributed by atoms with Crippen molar-refractivity contribution in [1.29, 1.82) is 0 Å². The second kappa shape index (κ2) is 6.51. The summed E-state index contributed by atoms with van der Waals surface area (Å²) in [6, 6.07) is 2.03. The normalized spacial score (nSPS) is 10.4. The summed E-state index contributed by atoms with van der Waals surface area (Å²) < 4.78 is 5.22. The number of ether oxygens (including phenoxy) is 1. The minimum atomic E-state index is 0.774. The fourth-order valence-corrected chi connectivity index (χ4v) is 1.19. The van der Waals surface area contributed by atoms with Crippen molar-refractivity contribution in [3.05, 3.63) is 29.6 Å². The fourth-order valence-electron chi connectivity index (χ4n) is 1.19. The van der Waals surface area contributed by atoms with E-state index in [1.54, 1.807) is 0 Å². The van der Waals surface area contributed by atoms with Crippen molar-refractivity contribution in [3.8, 4) is 0 Å². The van der Waals surface area contributed by atoms with Gasteiger partial charge >= 0.3 is 0 Å². The highest BCUT2D eigenvalue weighted by Gasteiger charge is 1.96. The van der Waals surface area contributed by atoms with Crippen LogP contribution in [0.1, 0.15) is 18.1 Å². The van der Waals surface area contributed by atoms with Crippen LogP contribution in [-0.2, 0) is 11.3 Å². The molecule has 0 aliphatic rings. The Balaban J connectivity index is 2.21. The van der Waals surface area contributed by atoms with E-state index in [0.717, 1.165) is 26.3 Å². The summed E-state index contributed by atoms with van der Waals surface area (Å²) in [7, 11) is 0. The van der Waals surface area contributed by atoms with Crippen LogP contribution in [0.25, 0.3) is 0 Å². The molecule has 0 bridgehead atoms. The van der Waals surface area contributed by atoms with Crippen LogP contribution in [0.2, 0.25) is 0 Å². The van der Waals surface area contributed by atoms with Crippen molar-refractivity contribution < 1.29 is 4.74 Å². The summed E-state index contributed by atoms with van der Waals surface area (Å²) in [4.78, 5) is 4.09. The Morgan fingerprint density at radius 2 is 2.36 bits per heavy atom. The topological polar surface area (TPSA) is 34.1 Å². The van der Waals surface area contributed by atoms with Crippen molar-refractivity contribution in [3.63, 3.8) is 0 Å². The molecule has 0 radical (unpaired) electrons. The molecule has 0 saturated carbocycles. The Morgan fingerprint density at radius 1 is 1.50 bits per heavy atom. The Labute approximate surface area is 85.5 Å². The smallest absolute Gasteiger partial charge is 0.0590 e. The zero-order chi connectivity index (χ0) is 10.2. The maximum Gasteiger partial charge on any atom is 0.0590 e. The lowest BCUT2D eigenvalue weighted by molar-refractivity contribution is 0.149. The van der Waals surface area contributed by atoms with Crippen molar-refractivity contribution in [2.75, 3.05) is 19.8 Å². The second-order valence-electron chi connectivity index (χ2n) is 3.18. The largest absolute Gasteiger partial charge is 0.380 e. The molecule has 0 fully saturated rings. The summed E-state index contributed by atoms with van der Waals surface area (Å²) in [5.74, 6) is 0. The van der Waals surface area contributed by atoms with Gasteiger partial charge in [-0.25, -0.2) is 0 Å². The van der Waals surface area contributed by atoms with E-state index in [9.17, 15) is 0 Å². The number of nitrogens with zero attached hydrogens (tertiary/aromatic N) is 1. The van der Waals surface area contributed by atoms with Crippen LogP contribution >= 0.6 is 0 Å². The van der Waals surface area contributed by atoms with Crippen molar-refractivity contribution in [2.24, 2.45) is 0 Å². The Bertz CT molecular complexity index is 263. The molecule has 0 atom stereocenters. The monoisotopic (exact) mass is 194 g/mol. The summed E-state index contributed by atoms with van der Waals surface area (Å²) in [5, 5.41) is 3.31. The van der Waals surface area contributed by atoms with Gasteiger partial charge in [-0.15, -0.1) is 0 Å². The van der Waals surface area contributed by atoms with Crippen LogP contribution in [0.15, 0.2) is 18.5 Å². The van der Waals surface area contributed by atoms with E-state index in [1.807, 2.05) is 25.4 Å². The second-order valence-corrected chi connectivity index (χ2v) is 3.18. The van der Waals surface area contributed by atoms with Gasteiger partial charge in [0, 0.05) is 32.1 Å². The third-order valence-electron chi connectivity index (χ3n) is 2.09. The van der Waals surface area contributed by atoms with Crippen molar-refractivity contribution in [1.82, 2.24) is 10.3 Å². The van der Waals surface area contributed by atoms with Crippen LogP contribution in [0.4, 0.5) is 0 Å². The number of aryl methyl sites for hydroxylation is 1. The highest BCUT2D eigenvalue weighted by molar-refractivity contribution is 5.20. The van der Waals surface area contributed by atoms with Gasteiger partial charge in [-0.05, 0) is 31.0 Å². The number of aromatic nitrogens is 1. The summed E-state index contributed by atoms with van der Waals surface area (Å²) in [6.07, 6.45) is 3.72. The van der Waals surface area contributed by atoms with Gasteiger partial charge in [-0.1, -0.05) is 0 Å². The zero-order valence-corrected chi connectivity index (χ0v) is 8.92. The quantitative estimate of drug-likeness (QED) is 0.697. The summed E-state index contributed by atoms with van der Waals surface area (Å²) in [6.45, 7) is 7.42. The van der Waals surface area contributed by atoms with E-state index >= 15 is 0 Å². The molecule has 0 aromatic carbocycles. The number of rotatable bonds is 6. The SMILES string of the molecule is CCOCCNCc1cnccc1C. The van der Waals surface area contributed by atoms with E-state index in [2.05, 4.69) is 17.2 Å². The maximum absolute atomic E-state index is 5.22. The van der Waals surface area contributed by atoms with Crippen LogP contribution < -0.4 is 5.32 Å². The molecule has 0 aliphatic heterocycles. The van der Waals surface area contributed by atoms with Crippen LogP contribution in [0, 0.1) is 6.92 Å². The van der Waals surface area contributed by atoms with Gasteiger partial charge < -0.3 is 10.1 Å². The number of hydrogen-bond acceptors (Lipinski definition) is 3. The Morgan fingerprint density at radius 3 is 3.07 bits per heavy atom. The first kappa shape index (κ1) is 11.1. The van der Waals surface area contributed by atoms with Gasteiger partial charge in [0.05, 0.1) is 6.61 Å². The highest BCUT2D eigenvalue weighted by atomic mass is 16.5. The molecule has 14 heavy (non-hydrogen) atoms. The lowest BCUT2D eigenvalue weighted by Gasteiger charge is -2.06. The first-order valence-electron chi connectivity index (χ1n) is 5.02. The lowest BCUT2D eigenvalue weighted by atomic mass is 10.2. The van der Waals surface area contributed by atoms with Gasteiger partial charge in [0.2, 0.25) is 0 Å². The minimum absolute atomic E-state index is 0.774. The molecular weight excluding hydrogens is 176 g/mol. The molecule has 3 heteroatoms. The molecule has 1 heterocycles. The first-order valence-corrected chi connectivity index (χ1v) is 5.02. The molecule has 0 unspecified atom stereocenters. The van der Waals surface area contributed by atoms with Gasteiger partial charge in [-0.2, -0.15) is 0 Å². The van der Waals surface area contributed by atoms with E-state index in [0.29, 0.717) is 0 Å². The molecule has 0 amide bonds. The molecule has 0 saturated heterocycles. The van der Waals surface area contributed by atoms with Crippen LogP contribution in [0.3, 0.4) is 0 Å². The number of nitrogens with one attached hydrogen (secondary N) is 1.